The number of nitro groups is 1. The van der Waals surface area contributed by atoms with Crippen LogP contribution in [0.5, 0.6) is 11.5 Å². The largest absolute Gasteiger partial charge is 0.490 e. The van der Waals surface area contributed by atoms with Gasteiger partial charge in [-0.25, -0.2) is 0 Å². The van der Waals surface area contributed by atoms with E-state index in [-0.39, 0.29) is 22.7 Å². The first kappa shape index (κ1) is 13.8. The average molecular weight is 250 g/mol. The van der Waals surface area contributed by atoms with Crippen molar-refractivity contribution in [1.29, 1.82) is 5.26 Å². The summed E-state index contributed by atoms with van der Waals surface area (Å²) in [4.78, 5) is 10.2. The summed E-state index contributed by atoms with van der Waals surface area (Å²) in [6, 6.07) is 4.35. The van der Waals surface area contributed by atoms with Crippen LogP contribution in [0.4, 0.5) is 5.69 Å². The van der Waals surface area contributed by atoms with E-state index in [0.717, 1.165) is 6.42 Å². The molecule has 0 fully saturated rings. The summed E-state index contributed by atoms with van der Waals surface area (Å²) in [5.74, 6) is 0.503. The van der Waals surface area contributed by atoms with Crippen LogP contribution in [0.3, 0.4) is 0 Å². The van der Waals surface area contributed by atoms with Gasteiger partial charge in [-0.2, -0.15) is 5.26 Å². The van der Waals surface area contributed by atoms with Crippen molar-refractivity contribution in [1.82, 2.24) is 0 Å². The Bertz CT molecular complexity index is 480. The maximum absolute atomic E-state index is 10.8. The highest BCUT2D eigenvalue weighted by Gasteiger charge is 2.18. The van der Waals surface area contributed by atoms with E-state index in [2.05, 4.69) is 0 Å². The predicted molar refractivity (Wildman–Crippen MR) is 64.8 cm³/mol. The molecule has 0 amide bonds. The zero-order valence-corrected chi connectivity index (χ0v) is 10.3. The standard InChI is InChI=1S/C12H14N2O4/c1-3-5-18-12-9(8-13)6-10(14(15)16)7-11(12)17-4-2/h6-7H,3-5H2,1-2H3. The molecule has 18 heavy (non-hydrogen) atoms. The van der Waals surface area contributed by atoms with Crippen LogP contribution in [0, 0.1) is 21.4 Å². The Morgan fingerprint density at radius 3 is 2.61 bits per heavy atom. The highest BCUT2D eigenvalue weighted by molar-refractivity contribution is 5.58. The minimum atomic E-state index is -0.563. The van der Waals surface area contributed by atoms with Crippen LogP contribution in [0.25, 0.3) is 0 Å². The first-order valence-corrected chi connectivity index (χ1v) is 5.62. The Balaban J connectivity index is 3.27. The lowest BCUT2D eigenvalue weighted by Gasteiger charge is -2.12. The Morgan fingerprint density at radius 2 is 2.11 bits per heavy atom. The predicted octanol–water partition coefficient (Wildman–Crippen LogP) is 2.65. The molecule has 0 radical (unpaired) electrons. The molecule has 0 spiro atoms. The number of hydrogen-bond donors (Lipinski definition) is 0. The van der Waals surface area contributed by atoms with Crippen LogP contribution in [0.1, 0.15) is 25.8 Å². The molecule has 0 atom stereocenters. The summed E-state index contributed by atoms with van der Waals surface area (Å²) < 4.78 is 10.7. The van der Waals surface area contributed by atoms with Crippen molar-refractivity contribution >= 4 is 5.69 Å². The van der Waals surface area contributed by atoms with Gasteiger partial charge in [0.25, 0.3) is 5.69 Å². The Kier molecular flexibility index (Phi) is 4.93. The summed E-state index contributed by atoms with van der Waals surface area (Å²) in [5.41, 5.74) is -0.0695. The lowest BCUT2D eigenvalue weighted by molar-refractivity contribution is -0.385. The number of nitriles is 1. The molecule has 1 aromatic rings. The third-order valence-corrected chi connectivity index (χ3v) is 2.12. The van der Waals surface area contributed by atoms with Crippen LogP contribution in [0.15, 0.2) is 12.1 Å². The van der Waals surface area contributed by atoms with Gasteiger partial charge >= 0.3 is 0 Å². The fourth-order valence-corrected chi connectivity index (χ4v) is 1.39. The second-order valence-corrected chi connectivity index (χ2v) is 3.47. The summed E-state index contributed by atoms with van der Waals surface area (Å²) in [6.45, 7) is 4.45. The van der Waals surface area contributed by atoms with Crippen molar-refractivity contribution in [2.45, 2.75) is 20.3 Å². The Labute approximate surface area is 105 Å². The van der Waals surface area contributed by atoms with Crippen molar-refractivity contribution in [3.63, 3.8) is 0 Å². The molecule has 0 saturated heterocycles. The molecule has 0 unspecified atom stereocenters. The molecule has 0 N–H and O–H groups in total. The van der Waals surface area contributed by atoms with Crippen molar-refractivity contribution in [3.8, 4) is 17.6 Å². The van der Waals surface area contributed by atoms with E-state index in [0.29, 0.717) is 13.2 Å². The average Bonchev–Trinajstić information content (AvgIpc) is 2.36. The molecular formula is C12H14N2O4. The Hall–Kier alpha value is -2.29. The van der Waals surface area contributed by atoms with Gasteiger partial charge in [-0.15, -0.1) is 0 Å². The summed E-state index contributed by atoms with van der Waals surface area (Å²) in [5, 5.41) is 19.8. The molecule has 0 aliphatic carbocycles. The van der Waals surface area contributed by atoms with Crippen LogP contribution < -0.4 is 9.47 Å². The fraction of sp³-hybridized carbons (Fsp3) is 0.417. The summed E-state index contributed by atoms with van der Waals surface area (Å²) in [6.07, 6.45) is 0.771. The van der Waals surface area contributed by atoms with Crippen LogP contribution in [-0.4, -0.2) is 18.1 Å². The summed E-state index contributed by atoms with van der Waals surface area (Å²) >= 11 is 0. The minimum Gasteiger partial charge on any atom is -0.490 e. The number of nitro benzene ring substituents is 1. The van der Waals surface area contributed by atoms with Crippen molar-refractivity contribution < 1.29 is 14.4 Å². The lowest BCUT2D eigenvalue weighted by atomic mass is 10.1. The van der Waals surface area contributed by atoms with E-state index in [1.54, 1.807) is 6.92 Å². The number of hydrogen-bond acceptors (Lipinski definition) is 5. The van der Waals surface area contributed by atoms with Gasteiger partial charge in [-0.05, 0) is 13.3 Å². The number of benzene rings is 1. The second kappa shape index (κ2) is 6.45. The second-order valence-electron chi connectivity index (χ2n) is 3.47. The molecule has 6 heteroatoms. The molecule has 6 nitrogen and oxygen atoms in total. The Morgan fingerprint density at radius 1 is 1.39 bits per heavy atom. The normalized spacial score (nSPS) is 9.61. The van der Waals surface area contributed by atoms with Gasteiger partial charge in [0.05, 0.1) is 24.2 Å². The van der Waals surface area contributed by atoms with E-state index in [4.69, 9.17) is 14.7 Å². The van der Waals surface area contributed by atoms with Gasteiger partial charge in [0, 0.05) is 6.07 Å². The maximum atomic E-state index is 10.8. The smallest absolute Gasteiger partial charge is 0.274 e. The molecule has 0 bridgehead atoms. The lowest BCUT2D eigenvalue weighted by Crippen LogP contribution is -2.03. The van der Waals surface area contributed by atoms with Gasteiger partial charge in [0.2, 0.25) is 0 Å². The van der Waals surface area contributed by atoms with E-state index in [1.165, 1.54) is 12.1 Å². The third-order valence-electron chi connectivity index (χ3n) is 2.12. The minimum absolute atomic E-state index is 0.112. The molecule has 0 aromatic heterocycles. The molecule has 0 aliphatic heterocycles. The zero-order valence-electron chi connectivity index (χ0n) is 10.3. The van der Waals surface area contributed by atoms with Gasteiger partial charge in [0.15, 0.2) is 11.5 Å². The SMILES string of the molecule is CCCOc1c(C#N)cc([N+](=O)[O-])cc1OCC. The summed E-state index contributed by atoms with van der Waals surface area (Å²) in [7, 11) is 0. The molecule has 1 aromatic carbocycles. The quantitative estimate of drug-likeness (QED) is 0.572. The van der Waals surface area contributed by atoms with Crippen LogP contribution >= 0.6 is 0 Å². The fourth-order valence-electron chi connectivity index (χ4n) is 1.39. The van der Waals surface area contributed by atoms with Gasteiger partial charge in [-0.3, -0.25) is 10.1 Å². The highest BCUT2D eigenvalue weighted by Crippen LogP contribution is 2.35. The van der Waals surface area contributed by atoms with Gasteiger partial charge < -0.3 is 9.47 Å². The molecule has 0 aliphatic rings. The first-order chi connectivity index (χ1) is 8.63. The molecule has 0 saturated carbocycles. The van der Waals surface area contributed by atoms with Crippen LogP contribution in [-0.2, 0) is 0 Å². The monoisotopic (exact) mass is 250 g/mol. The van der Waals surface area contributed by atoms with Gasteiger partial charge in [-0.1, -0.05) is 6.92 Å². The van der Waals surface area contributed by atoms with Crippen LogP contribution in [0.2, 0.25) is 0 Å². The number of ether oxygens (including phenoxy) is 2. The molecular weight excluding hydrogens is 236 g/mol. The first-order valence-electron chi connectivity index (χ1n) is 5.62. The van der Waals surface area contributed by atoms with Crippen molar-refractivity contribution in [3.05, 3.63) is 27.8 Å². The van der Waals surface area contributed by atoms with Gasteiger partial charge in [0.1, 0.15) is 11.6 Å². The molecule has 1 rings (SSSR count). The zero-order chi connectivity index (χ0) is 13.5. The van der Waals surface area contributed by atoms with E-state index in [1.807, 2.05) is 13.0 Å². The molecule has 96 valence electrons. The molecule has 0 heterocycles. The van der Waals surface area contributed by atoms with E-state index in [9.17, 15) is 10.1 Å². The third kappa shape index (κ3) is 3.10. The highest BCUT2D eigenvalue weighted by atomic mass is 16.6. The van der Waals surface area contributed by atoms with E-state index >= 15 is 0 Å². The van der Waals surface area contributed by atoms with Crippen molar-refractivity contribution in [2.24, 2.45) is 0 Å². The maximum Gasteiger partial charge on any atom is 0.274 e. The van der Waals surface area contributed by atoms with E-state index < -0.39 is 4.92 Å². The topological polar surface area (TPSA) is 85.4 Å². The number of rotatable bonds is 6. The number of non-ortho nitro benzene ring substituents is 1. The van der Waals surface area contributed by atoms with Crippen molar-refractivity contribution in [2.75, 3.05) is 13.2 Å². The number of nitrogens with zero attached hydrogens (tertiary/aromatic N) is 2.